The zero-order valence-corrected chi connectivity index (χ0v) is 5.44. The van der Waals surface area contributed by atoms with Crippen LogP contribution >= 0.6 is 0 Å². The largest absolute Gasteiger partial charge is 0.269 e. The van der Waals surface area contributed by atoms with Crippen molar-refractivity contribution >= 4 is 0 Å². The number of benzene rings is 1. The molecular weight excluding hydrogens is 134 g/mol. The summed E-state index contributed by atoms with van der Waals surface area (Å²) < 4.78 is 0. The lowest BCUT2D eigenvalue weighted by molar-refractivity contribution is 1.11. The molecule has 2 heteroatoms. The Morgan fingerprint density at radius 3 is 0.700 bits per heavy atom. The first-order chi connectivity index (χ1) is 4.00. The van der Waals surface area contributed by atoms with Crippen molar-refractivity contribution in [3.8, 4) is 12.8 Å². The van der Waals surface area contributed by atoms with Gasteiger partial charge in [0.05, 0.1) is 0 Å². The molecule has 0 nitrogen and oxygen atoms in total. The maximum atomic E-state index is 4.00. The molecule has 0 radical (unpaired) electrons. The first-order valence-corrected chi connectivity index (χ1v) is 2.33. The molecule has 1 aromatic carbocycles. The number of halogens is 2. The first-order valence-electron chi connectivity index (χ1n) is 2.33. The summed E-state index contributed by atoms with van der Waals surface area (Å²) in [5, 5.41) is 0. The zero-order chi connectivity index (χ0) is 6.24. The Morgan fingerprint density at radius 1 is 0.500 bits per heavy atom. The Morgan fingerprint density at radius 2 is 0.600 bits per heavy atom. The van der Waals surface area contributed by atoms with E-state index in [9.17, 15) is 0 Å². The van der Waals surface area contributed by atoms with Crippen LogP contribution in [0.3, 0.4) is 0 Å². The fraction of sp³-hybridized carbons (Fsp3) is 0. The van der Waals surface area contributed by atoms with Crippen LogP contribution in [0.15, 0.2) is 36.4 Å². The molecule has 0 fully saturated rings. The molecule has 0 aliphatic carbocycles. The average molecular weight is 144 g/mol. The van der Waals surface area contributed by atoms with Crippen molar-refractivity contribution in [1.82, 2.24) is 0 Å². The molecule has 0 amide bonds. The van der Waals surface area contributed by atoms with Gasteiger partial charge < -0.3 is 0 Å². The molecule has 0 saturated carbocycles. The first kappa shape index (κ1) is 15.9. The molecule has 1 rings (SSSR count). The third kappa shape index (κ3) is 9.81. The van der Waals surface area contributed by atoms with E-state index >= 15 is 0 Å². The second kappa shape index (κ2) is 15.6. The molecule has 0 saturated heterocycles. The summed E-state index contributed by atoms with van der Waals surface area (Å²) in [6.07, 6.45) is 8.00. The highest BCUT2D eigenvalue weighted by atomic mass is 19.0. The molecule has 0 bridgehead atoms. The van der Waals surface area contributed by atoms with Gasteiger partial charge >= 0.3 is 0 Å². The number of hydrogen-bond acceptors (Lipinski definition) is 0. The van der Waals surface area contributed by atoms with Crippen LogP contribution in [0.1, 0.15) is 0 Å². The van der Waals surface area contributed by atoms with Crippen LogP contribution in [0.25, 0.3) is 0 Å². The van der Waals surface area contributed by atoms with Gasteiger partial charge in [-0.15, -0.1) is 12.8 Å². The maximum Gasteiger partial charge on any atom is -0.0623 e. The molecule has 56 valence electrons. The lowest BCUT2D eigenvalue weighted by Crippen LogP contribution is -1.47. The summed E-state index contributed by atoms with van der Waals surface area (Å²) in [4.78, 5) is 0. The summed E-state index contributed by atoms with van der Waals surface area (Å²) in [7, 11) is 0. The molecule has 10 heavy (non-hydrogen) atoms. The highest BCUT2D eigenvalue weighted by Crippen LogP contribution is 1.79. The van der Waals surface area contributed by atoms with Crippen LogP contribution < -0.4 is 0 Å². The quantitative estimate of drug-likeness (QED) is 0.490. The van der Waals surface area contributed by atoms with Crippen molar-refractivity contribution in [2.75, 3.05) is 0 Å². The maximum absolute atomic E-state index is 4.00. The second-order valence-corrected chi connectivity index (χ2v) is 1.15. The second-order valence-electron chi connectivity index (χ2n) is 1.15. The zero-order valence-electron chi connectivity index (χ0n) is 5.44. The Hall–Kier alpha value is -1.36. The van der Waals surface area contributed by atoms with Gasteiger partial charge in [-0.1, -0.05) is 36.4 Å². The van der Waals surface area contributed by atoms with Crippen LogP contribution in [0, 0.1) is 12.8 Å². The molecule has 0 aliphatic rings. The van der Waals surface area contributed by atoms with E-state index in [-0.39, 0.29) is 9.41 Å². The smallest absolute Gasteiger partial charge is 0.0623 e. The lowest BCUT2D eigenvalue weighted by Gasteiger charge is -1.69. The minimum Gasteiger partial charge on any atom is -0.269 e. The van der Waals surface area contributed by atoms with Gasteiger partial charge in [0.1, 0.15) is 0 Å². The van der Waals surface area contributed by atoms with E-state index in [1.54, 1.807) is 0 Å². The minimum atomic E-state index is 0. The standard InChI is InChI=1S/C6H6.C2H2.2FH/c1-2-4-6-5-3-1;1-2;;/h1-6H;1-2H;2*1H. The predicted octanol–water partition coefficient (Wildman–Crippen LogP) is 2.24. The predicted molar refractivity (Wildman–Crippen MR) is 41.3 cm³/mol. The van der Waals surface area contributed by atoms with Crippen molar-refractivity contribution in [2.45, 2.75) is 0 Å². The molecule has 0 aliphatic heterocycles. The van der Waals surface area contributed by atoms with E-state index in [0.717, 1.165) is 0 Å². The molecule has 1 aromatic rings. The van der Waals surface area contributed by atoms with Crippen LogP contribution in [-0.4, -0.2) is 0 Å². The monoisotopic (exact) mass is 144 g/mol. The summed E-state index contributed by atoms with van der Waals surface area (Å²) in [5.41, 5.74) is 0. The number of rotatable bonds is 0. The van der Waals surface area contributed by atoms with Crippen LogP contribution in [0.2, 0.25) is 0 Å². The topological polar surface area (TPSA) is 0 Å². The molecular formula is C8H10F2. The normalized spacial score (nSPS) is 5.00. The summed E-state index contributed by atoms with van der Waals surface area (Å²) >= 11 is 0. The van der Waals surface area contributed by atoms with Crippen molar-refractivity contribution in [2.24, 2.45) is 0 Å². The Kier molecular flexibility index (Phi) is 24.8. The molecule has 0 spiro atoms. The van der Waals surface area contributed by atoms with Crippen molar-refractivity contribution < 1.29 is 9.41 Å². The van der Waals surface area contributed by atoms with E-state index in [4.69, 9.17) is 0 Å². The fourth-order valence-electron chi connectivity index (χ4n) is 0.385. The number of hydrogen-bond donors (Lipinski definition) is 0. The van der Waals surface area contributed by atoms with Crippen LogP contribution in [0.5, 0.6) is 0 Å². The number of terminal acetylenes is 1. The van der Waals surface area contributed by atoms with Crippen molar-refractivity contribution in [1.29, 1.82) is 0 Å². The van der Waals surface area contributed by atoms with Gasteiger partial charge in [0.2, 0.25) is 0 Å². The highest BCUT2D eigenvalue weighted by molar-refractivity contribution is 4.99. The van der Waals surface area contributed by atoms with E-state index in [2.05, 4.69) is 12.8 Å². The average Bonchev–Trinajstić information content (AvgIpc) is 1.96. The summed E-state index contributed by atoms with van der Waals surface area (Å²) in [6, 6.07) is 12.0. The summed E-state index contributed by atoms with van der Waals surface area (Å²) in [6.45, 7) is 0. The van der Waals surface area contributed by atoms with Gasteiger partial charge in [0.25, 0.3) is 0 Å². The third-order valence-electron chi connectivity index (χ3n) is 0.667. The Bertz CT molecular complexity index is 108. The van der Waals surface area contributed by atoms with Crippen molar-refractivity contribution in [3.63, 3.8) is 0 Å². The molecule has 0 heterocycles. The van der Waals surface area contributed by atoms with Gasteiger partial charge in [-0.05, 0) is 0 Å². The Balaban J connectivity index is -0.000000114. The van der Waals surface area contributed by atoms with Gasteiger partial charge in [-0.25, -0.2) is 0 Å². The van der Waals surface area contributed by atoms with Gasteiger partial charge in [-0.3, -0.25) is 9.41 Å². The van der Waals surface area contributed by atoms with E-state index in [1.165, 1.54) is 0 Å². The lowest BCUT2D eigenvalue weighted by atomic mass is 10.4. The van der Waals surface area contributed by atoms with Gasteiger partial charge in [0, 0.05) is 0 Å². The van der Waals surface area contributed by atoms with Crippen LogP contribution in [0.4, 0.5) is 9.41 Å². The third-order valence-corrected chi connectivity index (χ3v) is 0.667. The Labute approximate surface area is 59.6 Å². The van der Waals surface area contributed by atoms with Crippen molar-refractivity contribution in [3.05, 3.63) is 36.4 Å². The fourth-order valence-corrected chi connectivity index (χ4v) is 0.385. The molecule has 0 atom stereocenters. The minimum absolute atomic E-state index is 0. The van der Waals surface area contributed by atoms with E-state index in [1.807, 2.05) is 36.4 Å². The SMILES string of the molecule is C#C.F.F.c1ccccc1. The molecule has 0 aromatic heterocycles. The van der Waals surface area contributed by atoms with Gasteiger partial charge in [-0.2, -0.15) is 0 Å². The summed E-state index contributed by atoms with van der Waals surface area (Å²) in [5.74, 6) is 0. The van der Waals surface area contributed by atoms with Gasteiger partial charge in [0.15, 0.2) is 0 Å². The highest BCUT2D eigenvalue weighted by Gasteiger charge is 1.57. The van der Waals surface area contributed by atoms with E-state index in [0.29, 0.717) is 0 Å². The molecule has 0 unspecified atom stereocenters. The molecule has 0 N–H and O–H groups in total. The van der Waals surface area contributed by atoms with E-state index < -0.39 is 0 Å². The van der Waals surface area contributed by atoms with Crippen LogP contribution in [-0.2, 0) is 0 Å².